The molecule has 0 saturated heterocycles. The van der Waals surface area contributed by atoms with Gasteiger partial charge >= 0.3 is 0 Å². The van der Waals surface area contributed by atoms with Gasteiger partial charge in [-0.3, -0.25) is 0 Å². The third-order valence-electron chi connectivity index (χ3n) is 4.59. The molecule has 8 heteroatoms. The molecule has 0 fully saturated rings. The van der Waals surface area contributed by atoms with Crippen molar-refractivity contribution in [1.82, 2.24) is 9.97 Å². The number of phenolic OH excluding ortho intramolecular Hbond substituents is 2. The SMILES string of the molecule is CCCc1nc(-c2cc(Cl)c(O)c(Cl)c2)c(CCC)nc1-c1cc(Cl)c(O)c(Cl)c1. The average Bonchev–Trinajstić information content (AvgIpc) is 2.70. The molecule has 0 spiro atoms. The molecule has 0 bridgehead atoms. The van der Waals surface area contributed by atoms with Crippen LogP contribution in [-0.4, -0.2) is 20.2 Å². The van der Waals surface area contributed by atoms with Crippen molar-refractivity contribution in [2.45, 2.75) is 39.5 Å². The van der Waals surface area contributed by atoms with E-state index in [1.807, 2.05) is 0 Å². The summed E-state index contributed by atoms with van der Waals surface area (Å²) in [5.41, 5.74) is 4.25. The summed E-state index contributed by atoms with van der Waals surface area (Å²) in [5.74, 6) is -0.322. The number of hydrogen-bond acceptors (Lipinski definition) is 4. The van der Waals surface area contributed by atoms with Crippen molar-refractivity contribution in [1.29, 1.82) is 0 Å². The van der Waals surface area contributed by atoms with Gasteiger partial charge in [-0.15, -0.1) is 0 Å². The monoisotopic (exact) mass is 484 g/mol. The van der Waals surface area contributed by atoms with Crippen LogP contribution in [0.15, 0.2) is 24.3 Å². The Morgan fingerprint density at radius 3 is 1.20 bits per heavy atom. The highest BCUT2D eigenvalue weighted by Gasteiger charge is 2.19. The van der Waals surface area contributed by atoms with Crippen molar-refractivity contribution in [2.75, 3.05) is 0 Å². The molecule has 1 heterocycles. The second-order valence-corrected chi connectivity index (χ2v) is 8.52. The topological polar surface area (TPSA) is 66.2 Å². The Kier molecular flexibility index (Phi) is 7.35. The highest BCUT2D eigenvalue weighted by atomic mass is 35.5. The minimum Gasteiger partial charge on any atom is -0.505 e. The fourth-order valence-corrected chi connectivity index (χ4v) is 4.17. The highest BCUT2D eigenvalue weighted by Crippen LogP contribution is 2.40. The van der Waals surface area contributed by atoms with Crippen molar-refractivity contribution in [3.63, 3.8) is 0 Å². The molecular formula is C22H20Cl4N2O2. The lowest BCUT2D eigenvalue weighted by Crippen LogP contribution is -2.06. The van der Waals surface area contributed by atoms with Gasteiger partial charge in [-0.1, -0.05) is 73.1 Å². The maximum atomic E-state index is 9.91. The molecular weight excluding hydrogens is 466 g/mol. The van der Waals surface area contributed by atoms with Gasteiger partial charge < -0.3 is 10.2 Å². The van der Waals surface area contributed by atoms with E-state index in [9.17, 15) is 10.2 Å². The van der Waals surface area contributed by atoms with Gasteiger partial charge in [0, 0.05) is 11.1 Å². The summed E-state index contributed by atoms with van der Waals surface area (Å²) >= 11 is 24.6. The lowest BCUT2D eigenvalue weighted by Gasteiger charge is -2.16. The van der Waals surface area contributed by atoms with Gasteiger partial charge in [0.25, 0.3) is 0 Å². The van der Waals surface area contributed by atoms with E-state index < -0.39 is 0 Å². The van der Waals surface area contributed by atoms with Crippen LogP contribution < -0.4 is 0 Å². The standard InChI is InChI=1S/C22H20Cl4N2O2/c1-3-5-17-19(11-7-13(23)21(29)14(24)8-11)28-18(6-4-2)20(27-17)12-9-15(25)22(30)16(26)10-12/h7-10,29-30H,3-6H2,1-2H3. The van der Waals surface area contributed by atoms with Crippen molar-refractivity contribution in [3.05, 3.63) is 55.7 Å². The van der Waals surface area contributed by atoms with Gasteiger partial charge in [0.1, 0.15) is 0 Å². The Morgan fingerprint density at radius 1 is 0.633 bits per heavy atom. The van der Waals surface area contributed by atoms with Crippen molar-refractivity contribution in [3.8, 4) is 34.0 Å². The maximum Gasteiger partial charge on any atom is 0.152 e. The molecule has 3 rings (SSSR count). The number of aromatic nitrogens is 2. The number of aromatic hydroxyl groups is 2. The number of nitrogens with zero attached hydrogens (tertiary/aromatic N) is 2. The van der Waals surface area contributed by atoms with Gasteiger partial charge in [0.15, 0.2) is 11.5 Å². The minimum atomic E-state index is -0.161. The highest BCUT2D eigenvalue weighted by molar-refractivity contribution is 6.38. The molecule has 3 aromatic rings. The molecule has 30 heavy (non-hydrogen) atoms. The maximum absolute atomic E-state index is 9.91. The van der Waals surface area contributed by atoms with Gasteiger partial charge in [0.05, 0.1) is 42.9 Å². The summed E-state index contributed by atoms with van der Waals surface area (Å²) in [7, 11) is 0. The zero-order valence-corrected chi connectivity index (χ0v) is 19.5. The average molecular weight is 486 g/mol. The number of hydrogen-bond donors (Lipinski definition) is 2. The molecule has 0 amide bonds. The zero-order chi connectivity index (χ0) is 22.0. The predicted octanol–water partition coefficient (Wildman–Crippen LogP) is 7.74. The van der Waals surface area contributed by atoms with Crippen LogP contribution in [0.2, 0.25) is 20.1 Å². The van der Waals surface area contributed by atoms with Crippen molar-refractivity contribution >= 4 is 46.4 Å². The van der Waals surface area contributed by atoms with Crippen LogP contribution in [0, 0.1) is 0 Å². The Balaban J connectivity index is 2.27. The molecule has 2 aromatic carbocycles. The third kappa shape index (κ3) is 4.62. The van der Waals surface area contributed by atoms with E-state index in [-0.39, 0.29) is 31.6 Å². The van der Waals surface area contributed by atoms with Crippen molar-refractivity contribution in [2.24, 2.45) is 0 Å². The lowest BCUT2D eigenvalue weighted by atomic mass is 10.0. The van der Waals surface area contributed by atoms with Crippen LogP contribution in [0.5, 0.6) is 11.5 Å². The summed E-state index contributed by atoms with van der Waals surface area (Å²) in [4.78, 5) is 9.82. The van der Waals surface area contributed by atoms with E-state index in [1.54, 1.807) is 24.3 Å². The Morgan fingerprint density at radius 2 is 0.933 bits per heavy atom. The molecule has 0 aliphatic carbocycles. The lowest BCUT2D eigenvalue weighted by molar-refractivity contribution is 0.475. The van der Waals surface area contributed by atoms with E-state index in [0.29, 0.717) is 35.4 Å². The summed E-state index contributed by atoms with van der Waals surface area (Å²) in [6, 6.07) is 6.54. The number of phenols is 2. The third-order valence-corrected chi connectivity index (χ3v) is 5.75. The summed E-state index contributed by atoms with van der Waals surface area (Å²) in [5, 5.41) is 20.4. The first kappa shape index (κ1) is 23.0. The fraction of sp³-hybridized carbons (Fsp3) is 0.273. The molecule has 0 atom stereocenters. The quantitative estimate of drug-likeness (QED) is 0.374. The fourth-order valence-electron chi connectivity index (χ4n) is 3.19. The molecule has 2 N–H and O–H groups in total. The Labute approximate surface area is 195 Å². The largest absolute Gasteiger partial charge is 0.505 e. The minimum absolute atomic E-state index is 0.153. The number of rotatable bonds is 6. The molecule has 0 saturated carbocycles. The summed E-state index contributed by atoms with van der Waals surface area (Å²) in [6.45, 7) is 4.10. The van der Waals surface area contributed by atoms with Crippen LogP contribution in [0.3, 0.4) is 0 Å². The second-order valence-electron chi connectivity index (χ2n) is 6.89. The number of aryl methyl sites for hydroxylation is 2. The molecule has 4 nitrogen and oxygen atoms in total. The number of benzene rings is 2. The smallest absolute Gasteiger partial charge is 0.152 e. The second kappa shape index (κ2) is 9.61. The van der Waals surface area contributed by atoms with E-state index in [4.69, 9.17) is 56.4 Å². The zero-order valence-electron chi connectivity index (χ0n) is 16.4. The van der Waals surface area contributed by atoms with Crippen LogP contribution in [0.25, 0.3) is 22.5 Å². The van der Waals surface area contributed by atoms with E-state index in [1.165, 1.54) is 0 Å². The van der Waals surface area contributed by atoms with E-state index in [2.05, 4.69) is 13.8 Å². The first-order valence-electron chi connectivity index (χ1n) is 9.53. The first-order valence-corrected chi connectivity index (χ1v) is 11.0. The molecule has 0 radical (unpaired) electrons. The Hall–Kier alpha value is -1.72. The summed E-state index contributed by atoms with van der Waals surface area (Å²) < 4.78 is 0. The van der Waals surface area contributed by atoms with Crippen LogP contribution in [0.4, 0.5) is 0 Å². The van der Waals surface area contributed by atoms with Crippen LogP contribution >= 0.6 is 46.4 Å². The summed E-state index contributed by atoms with van der Waals surface area (Å²) in [6.07, 6.45) is 3.06. The van der Waals surface area contributed by atoms with Crippen molar-refractivity contribution < 1.29 is 10.2 Å². The van der Waals surface area contributed by atoms with Gasteiger partial charge in [-0.25, -0.2) is 9.97 Å². The molecule has 0 unspecified atom stereocenters. The molecule has 0 aliphatic heterocycles. The predicted molar refractivity (Wildman–Crippen MR) is 124 cm³/mol. The Bertz CT molecular complexity index is 969. The van der Waals surface area contributed by atoms with E-state index >= 15 is 0 Å². The van der Waals surface area contributed by atoms with Gasteiger partial charge in [0.2, 0.25) is 0 Å². The van der Waals surface area contributed by atoms with E-state index in [0.717, 1.165) is 24.2 Å². The molecule has 0 aliphatic rings. The molecule has 158 valence electrons. The normalized spacial score (nSPS) is 11.1. The number of halogens is 4. The van der Waals surface area contributed by atoms with Gasteiger partial charge in [-0.05, 0) is 37.1 Å². The van der Waals surface area contributed by atoms with Crippen LogP contribution in [-0.2, 0) is 12.8 Å². The van der Waals surface area contributed by atoms with Gasteiger partial charge in [-0.2, -0.15) is 0 Å². The van der Waals surface area contributed by atoms with Crippen LogP contribution in [0.1, 0.15) is 38.1 Å². The molecule has 1 aromatic heterocycles. The first-order chi connectivity index (χ1) is 14.3.